The maximum absolute atomic E-state index is 14.2. The number of hydrogen-bond donors (Lipinski definition) is 0. The van der Waals surface area contributed by atoms with Crippen LogP contribution in [0.1, 0.15) is 24.8 Å². The standard InChI is InChI=1S/C26H31ClN2O5S/c1-32-21-9-7-18(15-22(21)33-2)17-26(25(31)34-3)24(30)29(14-13-28-11-5-4-6-12-28)20-16-19(27)8-10-23(20)35-26/h7-10,15-16H,4-6,11-14,17H2,1-3H3. The summed E-state index contributed by atoms with van der Waals surface area (Å²) in [5.41, 5.74) is 1.50. The maximum Gasteiger partial charge on any atom is 0.332 e. The van der Waals surface area contributed by atoms with Gasteiger partial charge in [-0.1, -0.05) is 35.9 Å². The number of methoxy groups -OCH3 is 3. The number of halogens is 1. The first kappa shape index (κ1) is 25.7. The largest absolute Gasteiger partial charge is 0.493 e. The number of amides is 1. The first-order valence-electron chi connectivity index (χ1n) is 11.7. The molecule has 0 spiro atoms. The predicted octanol–water partition coefficient (Wildman–Crippen LogP) is 4.44. The van der Waals surface area contributed by atoms with Crippen molar-refractivity contribution in [1.29, 1.82) is 0 Å². The summed E-state index contributed by atoms with van der Waals surface area (Å²) in [6.07, 6.45) is 3.71. The van der Waals surface area contributed by atoms with Crippen LogP contribution in [0.15, 0.2) is 41.3 Å². The third-order valence-electron chi connectivity index (χ3n) is 6.59. The van der Waals surface area contributed by atoms with Crippen molar-refractivity contribution in [3.05, 3.63) is 47.0 Å². The van der Waals surface area contributed by atoms with Gasteiger partial charge in [-0.05, 0) is 61.8 Å². The predicted molar refractivity (Wildman–Crippen MR) is 138 cm³/mol. The molecule has 0 radical (unpaired) electrons. The normalized spacial score (nSPS) is 20.3. The van der Waals surface area contributed by atoms with E-state index in [4.69, 9.17) is 25.8 Å². The molecule has 4 rings (SSSR count). The quantitative estimate of drug-likeness (QED) is 0.378. The van der Waals surface area contributed by atoms with Gasteiger partial charge in [0, 0.05) is 29.4 Å². The fourth-order valence-electron chi connectivity index (χ4n) is 4.75. The summed E-state index contributed by atoms with van der Waals surface area (Å²) < 4.78 is 14.5. The van der Waals surface area contributed by atoms with E-state index in [1.165, 1.54) is 25.3 Å². The van der Waals surface area contributed by atoms with E-state index in [1.807, 2.05) is 12.1 Å². The molecule has 1 atom stereocenters. The minimum absolute atomic E-state index is 0.145. The first-order valence-corrected chi connectivity index (χ1v) is 12.9. The summed E-state index contributed by atoms with van der Waals surface area (Å²) in [6, 6.07) is 10.9. The smallest absolute Gasteiger partial charge is 0.332 e. The van der Waals surface area contributed by atoms with Gasteiger partial charge in [0.2, 0.25) is 4.75 Å². The summed E-state index contributed by atoms with van der Waals surface area (Å²) in [7, 11) is 4.44. The van der Waals surface area contributed by atoms with Gasteiger partial charge in [0.1, 0.15) is 0 Å². The molecule has 0 aliphatic carbocycles. The lowest BCUT2D eigenvalue weighted by Crippen LogP contribution is -2.57. The van der Waals surface area contributed by atoms with Gasteiger partial charge < -0.3 is 24.0 Å². The number of esters is 1. The van der Waals surface area contributed by atoms with Crippen molar-refractivity contribution < 1.29 is 23.8 Å². The maximum atomic E-state index is 14.2. The Balaban J connectivity index is 1.72. The number of rotatable bonds is 8. The van der Waals surface area contributed by atoms with Crippen molar-refractivity contribution in [3.63, 3.8) is 0 Å². The zero-order chi connectivity index (χ0) is 25.0. The molecule has 0 bridgehead atoms. The molecule has 35 heavy (non-hydrogen) atoms. The van der Waals surface area contributed by atoms with Crippen molar-refractivity contribution in [2.24, 2.45) is 0 Å². The second-order valence-corrected chi connectivity index (χ2v) is 10.5. The molecule has 2 aliphatic rings. The fraction of sp³-hybridized carbons (Fsp3) is 0.462. The van der Waals surface area contributed by atoms with Crippen LogP contribution in [0.25, 0.3) is 0 Å². The highest BCUT2D eigenvalue weighted by molar-refractivity contribution is 8.02. The van der Waals surface area contributed by atoms with Crippen molar-refractivity contribution in [2.45, 2.75) is 35.3 Å². The number of nitrogens with zero attached hydrogens (tertiary/aromatic N) is 2. The second kappa shape index (κ2) is 11.1. The van der Waals surface area contributed by atoms with Gasteiger partial charge in [0.05, 0.1) is 27.0 Å². The van der Waals surface area contributed by atoms with Crippen LogP contribution in [0.3, 0.4) is 0 Å². The summed E-state index contributed by atoms with van der Waals surface area (Å²) >= 11 is 7.54. The van der Waals surface area contributed by atoms with Crippen LogP contribution < -0.4 is 14.4 Å². The number of carbonyl (C=O) groups is 2. The van der Waals surface area contributed by atoms with Gasteiger partial charge in [-0.3, -0.25) is 4.79 Å². The summed E-state index contributed by atoms with van der Waals surface area (Å²) in [5.74, 6) is 0.239. The van der Waals surface area contributed by atoms with E-state index in [0.717, 1.165) is 48.6 Å². The van der Waals surface area contributed by atoms with Gasteiger partial charge >= 0.3 is 5.97 Å². The molecular weight excluding hydrogens is 488 g/mol. The third kappa shape index (κ3) is 5.25. The average molecular weight is 519 g/mol. The lowest BCUT2D eigenvalue weighted by molar-refractivity contribution is -0.147. The van der Waals surface area contributed by atoms with Crippen molar-refractivity contribution in [3.8, 4) is 11.5 Å². The van der Waals surface area contributed by atoms with Crippen molar-refractivity contribution in [1.82, 2.24) is 4.90 Å². The Morgan fingerprint density at radius 2 is 1.74 bits per heavy atom. The number of piperidine rings is 1. The Bertz CT molecular complexity index is 1090. The Labute approximate surface area is 215 Å². The molecule has 1 amide bonds. The molecule has 0 N–H and O–H groups in total. The molecule has 0 saturated carbocycles. The van der Waals surface area contributed by atoms with Crippen LogP contribution >= 0.6 is 23.4 Å². The van der Waals surface area contributed by atoms with Crippen LogP contribution in [-0.2, 0) is 20.7 Å². The second-order valence-electron chi connectivity index (χ2n) is 8.76. The molecule has 2 aromatic rings. The zero-order valence-electron chi connectivity index (χ0n) is 20.3. The molecule has 0 aromatic heterocycles. The summed E-state index contributed by atoms with van der Waals surface area (Å²) in [4.78, 5) is 32.4. The van der Waals surface area contributed by atoms with E-state index in [-0.39, 0.29) is 12.3 Å². The van der Waals surface area contributed by atoms with E-state index in [2.05, 4.69) is 4.90 Å². The number of hydrogen-bond acceptors (Lipinski definition) is 7. The molecule has 1 fully saturated rings. The topological polar surface area (TPSA) is 68.3 Å². The summed E-state index contributed by atoms with van der Waals surface area (Å²) in [6.45, 7) is 3.24. The zero-order valence-corrected chi connectivity index (χ0v) is 21.9. The number of likely N-dealkylation sites (tertiary alicyclic amines) is 1. The molecule has 1 saturated heterocycles. The van der Waals surface area contributed by atoms with Crippen molar-refractivity contribution >= 4 is 40.9 Å². The first-order chi connectivity index (χ1) is 16.9. The average Bonchev–Trinajstić information content (AvgIpc) is 2.89. The van der Waals surface area contributed by atoms with Crippen molar-refractivity contribution in [2.75, 3.05) is 52.4 Å². The van der Waals surface area contributed by atoms with Gasteiger partial charge in [0.15, 0.2) is 11.5 Å². The van der Waals surface area contributed by atoms with Gasteiger partial charge in [-0.2, -0.15) is 0 Å². The number of fused-ring (bicyclic) bond motifs is 1. The van der Waals surface area contributed by atoms with Gasteiger partial charge in [0.25, 0.3) is 5.91 Å². The Morgan fingerprint density at radius 3 is 2.43 bits per heavy atom. The number of ether oxygens (including phenoxy) is 3. The third-order valence-corrected chi connectivity index (χ3v) is 8.23. The minimum Gasteiger partial charge on any atom is -0.493 e. The van der Waals surface area contributed by atoms with Crippen LogP contribution in [-0.4, -0.2) is 69.0 Å². The Hall–Kier alpha value is -2.42. The van der Waals surface area contributed by atoms with E-state index in [0.29, 0.717) is 23.1 Å². The Morgan fingerprint density at radius 1 is 1.00 bits per heavy atom. The minimum atomic E-state index is -1.48. The van der Waals surface area contributed by atoms with E-state index < -0.39 is 10.7 Å². The van der Waals surface area contributed by atoms with E-state index >= 15 is 0 Å². The van der Waals surface area contributed by atoms with Crippen LogP contribution in [0.5, 0.6) is 11.5 Å². The summed E-state index contributed by atoms with van der Waals surface area (Å²) in [5, 5.41) is 0.547. The van der Waals surface area contributed by atoms with Gasteiger partial charge in [-0.15, -0.1) is 0 Å². The van der Waals surface area contributed by atoms with Gasteiger partial charge in [-0.25, -0.2) is 4.79 Å². The number of benzene rings is 2. The molecule has 2 aromatic carbocycles. The number of anilines is 1. The lowest BCUT2D eigenvalue weighted by atomic mass is 9.95. The molecule has 2 heterocycles. The van der Waals surface area contributed by atoms with E-state index in [1.54, 1.807) is 43.4 Å². The molecular formula is C26H31ClN2O5S. The lowest BCUT2D eigenvalue weighted by Gasteiger charge is -2.41. The van der Waals surface area contributed by atoms with E-state index in [9.17, 15) is 9.59 Å². The highest BCUT2D eigenvalue weighted by Gasteiger charge is 2.54. The highest BCUT2D eigenvalue weighted by atomic mass is 35.5. The number of thioether (sulfide) groups is 1. The van der Waals surface area contributed by atoms with Crippen LogP contribution in [0.2, 0.25) is 5.02 Å². The molecule has 188 valence electrons. The highest BCUT2D eigenvalue weighted by Crippen LogP contribution is 2.49. The molecule has 2 aliphatic heterocycles. The fourth-order valence-corrected chi connectivity index (χ4v) is 6.30. The SMILES string of the molecule is COC(=O)C1(Cc2ccc(OC)c(OC)c2)Sc2ccc(Cl)cc2N(CCN2CCCCC2)C1=O. The Kier molecular flexibility index (Phi) is 8.14. The monoisotopic (exact) mass is 518 g/mol. The molecule has 9 heteroatoms. The molecule has 1 unspecified atom stereocenters. The molecule has 7 nitrogen and oxygen atoms in total. The number of carbonyl (C=O) groups excluding carboxylic acids is 2. The van der Waals surface area contributed by atoms with Crippen LogP contribution in [0, 0.1) is 0 Å². The van der Waals surface area contributed by atoms with Crippen LogP contribution in [0.4, 0.5) is 5.69 Å².